The van der Waals surface area contributed by atoms with Crippen molar-refractivity contribution in [3.05, 3.63) is 63.6 Å². The molecular weight excluding hydrogens is 283 g/mol. The lowest BCUT2D eigenvalue weighted by atomic mass is 10.1. The summed E-state index contributed by atoms with van der Waals surface area (Å²) in [6.45, 7) is 0. The van der Waals surface area contributed by atoms with Crippen LogP contribution in [0.3, 0.4) is 0 Å². The van der Waals surface area contributed by atoms with Crippen LogP contribution in [0.25, 0.3) is 0 Å². The quantitative estimate of drug-likeness (QED) is 0.905. The summed E-state index contributed by atoms with van der Waals surface area (Å²) in [5.74, 6) is -0.407. The lowest BCUT2D eigenvalue weighted by Crippen LogP contribution is -2.13. The number of amides is 1. The minimum atomic E-state index is -0.407. The van der Waals surface area contributed by atoms with Gasteiger partial charge < -0.3 is 5.32 Å². The molecule has 0 aliphatic rings. The van der Waals surface area contributed by atoms with E-state index in [4.69, 9.17) is 28.5 Å². The topological polar surface area (TPSA) is 52.9 Å². The van der Waals surface area contributed by atoms with Crippen molar-refractivity contribution in [2.75, 3.05) is 5.32 Å². The van der Waals surface area contributed by atoms with Crippen molar-refractivity contribution in [3.8, 4) is 6.07 Å². The van der Waals surface area contributed by atoms with Gasteiger partial charge in [0.1, 0.15) is 6.07 Å². The van der Waals surface area contributed by atoms with E-state index in [2.05, 4.69) is 5.32 Å². The zero-order valence-electron chi connectivity index (χ0n) is 9.65. The number of halogens is 2. The molecule has 0 aromatic heterocycles. The highest BCUT2D eigenvalue weighted by molar-refractivity contribution is 6.44. The number of hydrogen-bond acceptors (Lipinski definition) is 2. The van der Waals surface area contributed by atoms with Gasteiger partial charge in [-0.25, -0.2) is 0 Å². The maximum Gasteiger partial charge on any atom is 0.257 e. The van der Waals surface area contributed by atoms with Gasteiger partial charge in [-0.1, -0.05) is 41.4 Å². The largest absolute Gasteiger partial charge is 0.321 e. The summed E-state index contributed by atoms with van der Waals surface area (Å²) in [5, 5.41) is 12.1. The number of benzene rings is 2. The van der Waals surface area contributed by atoms with E-state index in [1.54, 1.807) is 42.5 Å². The Hall–Kier alpha value is -2.02. The zero-order chi connectivity index (χ0) is 13.8. The number of rotatable bonds is 2. The van der Waals surface area contributed by atoms with E-state index in [0.717, 1.165) is 0 Å². The van der Waals surface area contributed by atoms with Crippen molar-refractivity contribution < 1.29 is 4.79 Å². The first-order valence-corrected chi connectivity index (χ1v) is 6.13. The Morgan fingerprint density at radius 2 is 1.84 bits per heavy atom. The number of carbonyl (C=O) groups excluding carboxylic acids is 1. The molecule has 0 unspecified atom stereocenters. The number of nitrogens with one attached hydrogen (secondary N) is 1. The molecule has 1 amide bonds. The minimum Gasteiger partial charge on any atom is -0.321 e. The molecule has 0 aliphatic carbocycles. The molecule has 19 heavy (non-hydrogen) atoms. The van der Waals surface area contributed by atoms with Crippen LogP contribution in [0.2, 0.25) is 10.0 Å². The van der Waals surface area contributed by atoms with Crippen LogP contribution in [0.15, 0.2) is 42.5 Å². The molecule has 94 valence electrons. The van der Waals surface area contributed by atoms with Crippen LogP contribution in [0, 0.1) is 11.3 Å². The second-order valence-corrected chi connectivity index (χ2v) is 4.50. The van der Waals surface area contributed by atoms with Gasteiger partial charge in [-0.05, 0) is 24.3 Å². The molecule has 0 spiro atoms. The summed E-state index contributed by atoms with van der Waals surface area (Å²) < 4.78 is 0. The Morgan fingerprint density at radius 1 is 1.11 bits per heavy atom. The summed E-state index contributed by atoms with van der Waals surface area (Å²) in [4.78, 5) is 12.1. The maximum absolute atomic E-state index is 12.1. The van der Waals surface area contributed by atoms with Gasteiger partial charge in [0, 0.05) is 0 Å². The highest BCUT2D eigenvalue weighted by Crippen LogP contribution is 2.26. The van der Waals surface area contributed by atoms with Crippen molar-refractivity contribution in [2.45, 2.75) is 0 Å². The minimum absolute atomic E-state index is 0.191. The molecule has 2 rings (SSSR count). The first-order chi connectivity index (χ1) is 9.13. The third-order valence-electron chi connectivity index (χ3n) is 2.49. The van der Waals surface area contributed by atoms with Crippen molar-refractivity contribution >= 4 is 34.8 Å². The summed E-state index contributed by atoms with van der Waals surface area (Å²) in [5.41, 5.74) is 1.09. The standard InChI is InChI=1S/C14H8Cl2N2O/c15-11-6-3-5-10(13(11)16)14(19)18-12-7-2-1-4-9(12)8-17/h1-7H,(H,18,19). The average Bonchev–Trinajstić information content (AvgIpc) is 2.42. The molecule has 0 fully saturated rings. The number of hydrogen-bond donors (Lipinski definition) is 1. The summed E-state index contributed by atoms with van der Waals surface area (Å²) in [7, 11) is 0. The van der Waals surface area contributed by atoms with Crippen LogP contribution in [0.5, 0.6) is 0 Å². The van der Waals surface area contributed by atoms with E-state index in [1.807, 2.05) is 6.07 Å². The summed E-state index contributed by atoms with van der Waals surface area (Å²) >= 11 is 11.8. The Balaban J connectivity index is 2.32. The number of para-hydroxylation sites is 1. The molecule has 2 aromatic rings. The molecule has 0 bridgehead atoms. The summed E-state index contributed by atoms with van der Waals surface area (Å²) in [6, 6.07) is 13.5. The normalized spacial score (nSPS) is 9.74. The van der Waals surface area contributed by atoms with Gasteiger partial charge in [0.15, 0.2) is 0 Å². The smallest absolute Gasteiger partial charge is 0.257 e. The highest BCUT2D eigenvalue weighted by Gasteiger charge is 2.13. The predicted molar refractivity (Wildman–Crippen MR) is 75.6 cm³/mol. The fraction of sp³-hybridized carbons (Fsp3) is 0. The zero-order valence-corrected chi connectivity index (χ0v) is 11.2. The molecule has 5 heteroatoms. The Kier molecular flexibility index (Phi) is 4.06. The monoisotopic (exact) mass is 290 g/mol. The Morgan fingerprint density at radius 3 is 2.58 bits per heavy atom. The van der Waals surface area contributed by atoms with Crippen LogP contribution < -0.4 is 5.32 Å². The number of nitriles is 1. The molecule has 0 atom stereocenters. The summed E-state index contributed by atoms with van der Waals surface area (Å²) in [6.07, 6.45) is 0. The predicted octanol–water partition coefficient (Wildman–Crippen LogP) is 4.12. The van der Waals surface area contributed by atoms with Crippen LogP contribution in [0.4, 0.5) is 5.69 Å². The first-order valence-electron chi connectivity index (χ1n) is 5.38. The molecule has 0 heterocycles. The van der Waals surface area contributed by atoms with E-state index < -0.39 is 5.91 Å². The van der Waals surface area contributed by atoms with Gasteiger partial charge in [-0.3, -0.25) is 4.79 Å². The van der Waals surface area contributed by atoms with Gasteiger partial charge >= 0.3 is 0 Å². The number of nitrogens with zero attached hydrogens (tertiary/aromatic N) is 1. The molecule has 1 N–H and O–H groups in total. The van der Waals surface area contributed by atoms with Crippen molar-refractivity contribution in [1.82, 2.24) is 0 Å². The Labute approximate surface area is 120 Å². The van der Waals surface area contributed by atoms with E-state index in [0.29, 0.717) is 16.3 Å². The van der Waals surface area contributed by atoms with Gasteiger partial charge in [0.2, 0.25) is 0 Å². The number of anilines is 1. The van der Waals surface area contributed by atoms with E-state index in [9.17, 15) is 4.79 Å². The van der Waals surface area contributed by atoms with Crippen molar-refractivity contribution in [2.24, 2.45) is 0 Å². The fourth-order valence-electron chi connectivity index (χ4n) is 1.56. The lowest BCUT2D eigenvalue weighted by Gasteiger charge is -2.08. The van der Waals surface area contributed by atoms with Gasteiger partial charge in [0.25, 0.3) is 5.91 Å². The average molecular weight is 291 g/mol. The Bertz CT molecular complexity index is 677. The highest BCUT2D eigenvalue weighted by atomic mass is 35.5. The third kappa shape index (κ3) is 2.87. The van der Waals surface area contributed by atoms with Crippen molar-refractivity contribution in [1.29, 1.82) is 5.26 Å². The van der Waals surface area contributed by atoms with Gasteiger partial charge in [0.05, 0.1) is 26.9 Å². The van der Waals surface area contributed by atoms with Crippen LogP contribution in [-0.2, 0) is 0 Å². The molecule has 3 nitrogen and oxygen atoms in total. The molecular formula is C14H8Cl2N2O. The molecule has 0 saturated heterocycles. The lowest BCUT2D eigenvalue weighted by molar-refractivity contribution is 0.102. The molecule has 0 aliphatic heterocycles. The number of carbonyl (C=O) groups is 1. The van der Waals surface area contributed by atoms with Gasteiger partial charge in [-0.15, -0.1) is 0 Å². The van der Waals surface area contributed by atoms with E-state index in [1.165, 1.54) is 0 Å². The van der Waals surface area contributed by atoms with Crippen LogP contribution in [0.1, 0.15) is 15.9 Å². The second-order valence-electron chi connectivity index (χ2n) is 3.71. The third-order valence-corrected chi connectivity index (χ3v) is 3.31. The van der Waals surface area contributed by atoms with Crippen LogP contribution >= 0.6 is 23.2 Å². The van der Waals surface area contributed by atoms with Crippen LogP contribution in [-0.4, -0.2) is 5.91 Å². The second kappa shape index (κ2) is 5.75. The van der Waals surface area contributed by atoms with Crippen molar-refractivity contribution in [3.63, 3.8) is 0 Å². The molecule has 0 saturated carbocycles. The molecule has 2 aromatic carbocycles. The fourth-order valence-corrected chi connectivity index (χ4v) is 1.94. The molecule has 0 radical (unpaired) electrons. The van der Waals surface area contributed by atoms with Gasteiger partial charge in [-0.2, -0.15) is 5.26 Å². The SMILES string of the molecule is N#Cc1ccccc1NC(=O)c1cccc(Cl)c1Cl. The van der Waals surface area contributed by atoms with E-state index >= 15 is 0 Å². The first kappa shape index (κ1) is 13.4. The maximum atomic E-state index is 12.1. The van der Waals surface area contributed by atoms with E-state index in [-0.39, 0.29) is 10.6 Å².